The first-order valence-electron chi connectivity index (χ1n) is 6.50. The Balaban J connectivity index is 1.79. The number of halogens is 1. The Kier molecular flexibility index (Phi) is 3.79. The van der Waals surface area contributed by atoms with Crippen molar-refractivity contribution in [1.82, 2.24) is 24.7 Å². The zero-order valence-electron chi connectivity index (χ0n) is 11.0. The Morgan fingerprint density at radius 1 is 1.40 bits per heavy atom. The Bertz CT molecular complexity index is 575. The van der Waals surface area contributed by atoms with Crippen LogP contribution < -0.4 is 5.32 Å². The molecule has 7 nitrogen and oxygen atoms in total. The Labute approximate surface area is 121 Å². The average molecular weight is 295 g/mol. The Morgan fingerprint density at radius 3 is 3.05 bits per heavy atom. The Hall–Kier alpha value is -1.73. The lowest BCUT2D eigenvalue weighted by atomic mass is 10.0. The first-order chi connectivity index (χ1) is 9.70. The average Bonchev–Trinajstić information content (AvgIpc) is 2.91. The van der Waals surface area contributed by atoms with Gasteiger partial charge < -0.3 is 10.1 Å². The number of aromatic nitrogens is 5. The molecular weight excluding hydrogens is 280 g/mol. The topological polar surface area (TPSA) is 77.8 Å². The van der Waals surface area contributed by atoms with Crippen LogP contribution in [0.4, 0.5) is 5.95 Å². The van der Waals surface area contributed by atoms with Gasteiger partial charge >= 0.3 is 0 Å². The second-order valence-corrected chi connectivity index (χ2v) is 5.06. The van der Waals surface area contributed by atoms with Crippen LogP contribution in [0.25, 0.3) is 5.95 Å². The summed E-state index contributed by atoms with van der Waals surface area (Å²) in [6.45, 7) is 2.80. The van der Waals surface area contributed by atoms with Gasteiger partial charge in [0, 0.05) is 25.0 Å². The van der Waals surface area contributed by atoms with E-state index in [2.05, 4.69) is 32.3 Å². The quantitative estimate of drug-likeness (QED) is 0.928. The SMILES string of the molecule is CC1CC(Nc2nc(Cl)nc(-n3cccn3)n2)CCO1. The highest BCUT2D eigenvalue weighted by atomic mass is 35.5. The van der Waals surface area contributed by atoms with Crippen LogP contribution in [-0.4, -0.2) is 43.5 Å². The summed E-state index contributed by atoms with van der Waals surface area (Å²) < 4.78 is 7.07. The van der Waals surface area contributed by atoms with Crippen molar-refractivity contribution in [3.8, 4) is 5.95 Å². The van der Waals surface area contributed by atoms with Crippen LogP contribution in [0, 0.1) is 0 Å². The summed E-state index contributed by atoms with van der Waals surface area (Å²) in [7, 11) is 0. The molecular formula is C12H15ClN6O. The molecule has 3 heterocycles. The van der Waals surface area contributed by atoms with E-state index >= 15 is 0 Å². The summed E-state index contributed by atoms with van der Waals surface area (Å²) in [5.74, 6) is 0.868. The van der Waals surface area contributed by atoms with Gasteiger partial charge in [0.15, 0.2) is 0 Å². The summed E-state index contributed by atoms with van der Waals surface area (Å²) in [5.41, 5.74) is 0. The molecule has 2 atom stereocenters. The van der Waals surface area contributed by atoms with Crippen LogP contribution in [-0.2, 0) is 4.74 Å². The van der Waals surface area contributed by atoms with Crippen molar-refractivity contribution in [3.63, 3.8) is 0 Å². The van der Waals surface area contributed by atoms with Gasteiger partial charge in [0.05, 0.1) is 6.10 Å². The first-order valence-corrected chi connectivity index (χ1v) is 6.88. The number of ether oxygens (including phenoxy) is 1. The lowest BCUT2D eigenvalue weighted by Crippen LogP contribution is -2.33. The number of anilines is 1. The maximum Gasteiger partial charge on any atom is 0.256 e. The molecule has 0 bridgehead atoms. The highest BCUT2D eigenvalue weighted by Gasteiger charge is 2.20. The fourth-order valence-electron chi connectivity index (χ4n) is 2.21. The van der Waals surface area contributed by atoms with Gasteiger partial charge in [-0.1, -0.05) is 0 Å². The molecule has 1 saturated heterocycles. The molecule has 0 aromatic carbocycles. The van der Waals surface area contributed by atoms with Crippen molar-refractivity contribution in [3.05, 3.63) is 23.7 Å². The number of hydrogen-bond donors (Lipinski definition) is 1. The summed E-state index contributed by atoms with van der Waals surface area (Å²) in [6.07, 6.45) is 5.49. The second-order valence-electron chi connectivity index (χ2n) is 4.73. The lowest BCUT2D eigenvalue weighted by Gasteiger charge is -2.27. The van der Waals surface area contributed by atoms with Crippen LogP contribution in [0.1, 0.15) is 19.8 Å². The molecule has 20 heavy (non-hydrogen) atoms. The monoisotopic (exact) mass is 294 g/mol. The standard InChI is InChI=1S/C12H15ClN6O/c1-8-7-9(3-6-20-8)15-11-16-10(13)17-12(18-11)19-5-2-4-14-19/h2,4-5,8-9H,3,6-7H2,1H3,(H,15,16,17,18). The molecule has 2 aromatic rings. The Morgan fingerprint density at radius 2 is 2.30 bits per heavy atom. The number of nitrogens with zero attached hydrogens (tertiary/aromatic N) is 5. The molecule has 1 N–H and O–H groups in total. The molecule has 1 fully saturated rings. The van der Waals surface area contributed by atoms with E-state index in [1.54, 1.807) is 23.1 Å². The third kappa shape index (κ3) is 3.05. The van der Waals surface area contributed by atoms with Crippen LogP contribution in [0.3, 0.4) is 0 Å². The van der Waals surface area contributed by atoms with Gasteiger partial charge in [0.25, 0.3) is 5.95 Å². The predicted octanol–water partition coefficient (Wildman–Crippen LogP) is 1.69. The van der Waals surface area contributed by atoms with Crippen LogP contribution in [0.15, 0.2) is 18.5 Å². The molecule has 2 aromatic heterocycles. The van der Waals surface area contributed by atoms with Gasteiger partial charge in [-0.2, -0.15) is 20.1 Å². The fourth-order valence-corrected chi connectivity index (χ4v) is 2.36. The molecule has 0 radical (unpaired) electrons. The molecule has 1 aliphatic heterocycles. The molecule has 3 rings (SSSR count). The van der Waals surface area contributed by atoms with Gasteiger partial charge in [-0.25, -0.2) is 4.68 Å². The van der Waals surface area contributed by atoms with E-state index < -0.39 is 0 Å². The summed E-state index contributed by atoms with van der Waals surface area (Å²) in [4.78, 5) is 12.5. The maximum absolute atomic E-state index is 5.95. The van der Waals surface area contributed by atoms with Crippen molar-refractivity contribution < 1.29 is 4.74 Å². The predicted molar refractivity (Wildman–Crippen MR) is 74.0 cm³/mol. The van der Waals surface area contributed by atoms with E-state index in [1.807, 2.05) is 0 Å². The van der Waals surface area contributed by atoms with Gasteiger partial charge in [0.2, 0.25) is 11.2 Å². The first kappa shape index (κ1) is 13.3. The van der Waals surface area contributed by atoms with E-state index in [0.717, 1.165) is 19.4 Å². The third-order valence-electron chi connectivity index (χ3n) is 3.12. The largest absolute Gasteiger partial charge is 0.378 e. The number of hydrogen-bond acceptors (Lipinski definition) is 6. The van der Waals surface area contributed by atoms with Crippen molar-refractivity contribution >= 4 is 17.5 Å². The molecule has 8 heteroatoms. The minimum atomic E-state index is 0.146. The molecule has 106 valence electrons. The number of nitrogens with one attached hydrogen (secondary N) is 1. The number of rotatable bonds is 3. The van der Waals surface area contributed by atoms with Gasteiger partial charge in [0.1, 0.15) is 0 Å². The van der Waals surface area contributed by atoms with Crippen LogP contribution in [0.5, 0.6) is 0 Å². The molecule has 1 aliphatic rings. The van der Waals surface area contributed by atoms with Gasteiger partial charge in [-0.05, 0) is 37.4 Å². The van der Waals surface area contributed by atoms with Crippen LogP contribution in [0.2, 0.25) is 5.28 Å². The zero-order valence-corrected chi connectivity index (χ0v) is 11.8. The molecule has 0 spiro atoms. The summed E-state index contributed by atoms with van der Waals surface area (Å²) in [5, 5.41) is 7.52. The van der Waals surface area contributed by atoms with Crippen molar-refractivity contribution in [2.45, 2.75) is 31.9 Å². The smallest absolute Gasteiger partial charge is 0.256 e. The molecule has 0 saturated carbocycles. The second kappa shape index (κ2) is 5.72. The minimum absolute atomic E-state index is 0.146. The highest BCUT2D eigenvalue weighted by Crippen LogP contribution is 2.17. The van der Waals surface area contributed by atoms with Crippen molar-refractivity contribution in [2.75, 3.05) is 11.9 Å². The van der Waals surface area contributed by atoms with Crippen molar-refractivity contribution in [2.24, 2.45) is 0 Å². The van der Waals surface area contributed by atoms with E-state index in [4.69, 9.17) is 16.3 Å². The highest BCUT2D eigenvalue weighted by molar-refractivity contribution is 6.28. The summed E-state index contributed by atoms with van der Waals surface area (Å²) in [6, 6.07) is 2.08. The molecule has 0 amide bonds. The van der Waals surface area contributed by atoms with E-state index in [1.165, 1.54) is 0 Å². The normalized spacial score (nSPS) is 22.7. The van der Waals surface area contributed by atoms with Crippen molar-refractivity contribution in [1.29, 1.82) is 0 Å². The zero-order chi connectivity index (χ0) is 13.9. The fraction of sp³-hybridized carbons (Fsp3) is 0.500. The van der Waals surface area contributed by atoms with E-state index in [9.17, 15) is 0 Å². The van der Waals surface area contributed by atoms with E-state index in [-0.39, 0.29) is 17.4 Å². The van der Waals surface area contributed by atoms with Gasteiger partial charge in [-0.15, -0.1) is 0 Å². The van der Waals surface area contributed by atoms with Crippen LogP contribution >= 0.6 is 11.6 Å². The molecule has 2 unspecified atom stereocenters. The van der Waals surface area contributed by atoms with E-state index in [0.29, 0.717) is 11.9 Å². The summed E-state index contributed by atoms with van der Waals surface area (Å²) >= 11 is 5.95. The minimum Gasteiger partial charge on any atom is -0.378 e. The van der Waals surface area contributed by atoms with Gasteiger partial charge in [-0.3, -0.25) is 0 Å². The molecule has 0 aliphatic carbocycles. The lowest BCUT2D eigenvalue weighted by molar-refractivity contribution is 0.0231. The maximum atomic E-state index is 5.95. The third-order valence-corrected chi connectivity index (χ3v) is 3.29.